The molecule has 1 N–H and O–H groups in total. The number of halogens is 1. The van der Waals surface area contributed by atoms with E-state index in [2.05, 4.69) is 26.2 Å². The molecule has 0 atom stereocenters. The average Bonchev–Trinajstić information content (AvgIpc) is 2.60. The summed E-state index contributed by atoms with van der Waals surface area (Å²) in [7, 11) is 1.64. The van der Waals surface area contributed by atoms with Crippen LogP contribution < -0.4 is 10.2 Å². The van der Waals surface area contributed by atoms with Crippen molar-refractivity contribution in [3.8, 4) is 0 Å². The molecule has 0 aliphatic rings. The van der Waals surface area contributed by atoms with Crippen LogP contribution >= 0.6 is 27.3 Å². The van der Waals surface area contributed by atoms with Crippen LogP contribution in [0.4, 0.5) is 5.82 Å². The summed E-state index contributed by atoms with van der Waals surface area (Å²) in [6, 6.07) is 3.46. The van der Waals surface area contributed by atoms with Gasteiger partial charge in [0.25, 0.3) is 5.91 Å². The van der Waals surface area contributed by atoms with Crippen LogP contribution in [-0.4, -0.2) is 15.5 Å². The number of nitrogens with one attached hydrogen (secondary N) is 1. The topological polar surface area (TPSA) is 64.0 Å². The molecule has 0 aliphatic carbocycles. The van der Waals surface area contributed by atoms with E-state index in [0.717, 1.165) is 15.8 Å². The van der Waals surface area contributed by atoms with Crippen LogP contribution in [-0.2, 0) is 7.05 Å². The smallest absolute Gasteiger partial charge is 0.306 e. The van der Waals surface area contributed by atoms with E-state index in [9.17, 15) is 9.59 Å². The van der Waals surface area contributed by atoms with Gasteiger partial charge in [0.05, 0.1) is 0 Å². The summed E-state index contributed by atoms with van der Waals surface area (Å²) in [5.41, 5.74) is 0.652. The quantitative estimate of drug-likeness (QED) is 0.919. The van der Waals surface area contributed by atoms with E-state index < -0.39 is 0 Å². The van der Waals surface area contributed by atoms with Crippen LogP contribution in [0.3, 0.4) is 0 Å². The molecule has 0 aliphatic heterocycles. The van der Waals surface area contributed by atoms with Crippen molar-refractivity contribution in [1.29, 1.82) is 0 Å². The molecule has 0 radical (unpaired) electrons. The van der Waals surface area contributed by atoms with E-state index in [1.165, 1.54) is 4.57 Å². The largest absolute Gasteiger partial charge is 0.307 e. The summed E-state index contributed by atoms with van der Waals surface area (Å²) >= 11 is 4.19. The van der Waals surface area contributed by atoms with Gasteiger partial charge >= 0.3 is 4.87 Å². The van der Waals surface area contributed by atoms with Gasteiger partial charge < -0.3 is 9.88 Å². The molecule has 2 heterocycles. The third kappa shape index (κ3) is 2.51. The predicted molar refractivity (Wildman–Crippen MR) is 74.2 cm³/mol. The van der Waals surface area contributed by atoms with Gasteiger partial charge in [0.1, 0.15) is 10.7 Å². The van der Waals surface area contributed by atoms with Gasteiger partial charge in [0, 0.05) is 23.4 Å². The fourth-order valence-electron chi connectivity index (χ4n) is 1.35. The van der Waals surface area contributed by atoms with E-state index in [0.29, 0.717) is 16.4 Å². The van der Waals surface area contributed by atoms with E-state index in [-0.39, 0.29) is 10.8 Å². The number of hydrogen-bond acceptors (Lipinski definition) is 4. The molecule has 0 aromatic carbocycles. The maximum Gasteiger partial charge on any atom is 0.307 e. The van der Waals surface area contributed by atoms with Crippen molar-refractivity contribution < 1.29 is 4.79 Å². The molecule has 2 aromatic heterocycles. The maximum absolute atomic E-state index is 12.0. The zero-order chi connectivity index (χ0) is 13.3. The highest BCUT2D eigenvalue weighted by Gasteiger charge is 2.16. The normalized spacial score (nSPS) is 10.4. The van der Waals surface area contributed by atoms with Gasteiger partial charge in [-0.2, -0.15) is 0 Å². The Morgan fingerprint density at radius 2 is 2.22 bits per heavy atom. The molecule has 0 saturated heterocycles. The van der Waals surface area contributed by atoms with E-state index in [4.69, 9.17) is 0 Å². The minimum Gasteiger partial charge on any atom is -0.306 e. The number of pyridine rings is 1. The molecule has 0 spiro atoms. The molecule has 0 fully saturated rings. The predicted octanol–water partition coefficient (Wildman–Crippen LogP) is 2.17. The Morgan fingerprint density at radius 3 is 2.72 bits per heavy atom. The summed E-state index contributed by atoms with van der Waals surface area (Å²) < 4.78 is 2.29. The second-order valence-corrected chi connectivity index (χ2v) is 5.53. The lowest BCUT2D eigenvalue weighted by molar-refractivity contribution is 0.102. The number of thiazole rings is 1. The van der Waals surface area contributed by atoms with E-state index in [1.54, 1.807) is 32.3 Å². The van der Waals surface area contributed by atoms with Crippen molar-refractivity contribution in [2.24, 2.45) is 7.05 Å². The number of amides is 1. The number of hydrogen-bond donors (Lipinski definition) is 1. The molecule has 5 nitrogen and oxygen atoms in total. The summed E-state index contributed by atoms with van der Waals surface area (Å²) in [5.74, 6) is 0.135. The highest BCUT2D eigenvalue weighted by molar-refractivity contribution is 9.10. The number of rotatable bonds is 2. The van der Waals surface area contributed by atoms with Gasteiger partial charge in [-0.05, 0) is 35.0 Å². The SMILES string of the molecule is Cc1c(C(=O)Nc2ccc(Br)cn2)sc(=O)n1C. The second-order valence-electron chi connectivity index (χ2n) is 3.66. The van der Waals surface area contributed by atoms with Gasteiger partial charge in [-0.25, -0.2) is 4.98 Å². The second kappa shape index (κ2) is 5.03. The molecule has 2 rings (SSSR count). The van der Waals surface area contributed by atoms with Crippen molar-refractivity contribution in [1.82, 2.24) is 9.55 Å². The lowest BCUT2D eigenvalue weighted by atomic mass is 10.3. The Kier molecular flexibility index (Phi) is 3.63. The van der Waals surface area contributed by atoms with Crippen molar-refractivity contribution in [3.63, 3.8) is 0 Å². The van der Waals surface area contributed by atoms with Crippen LogP contribution in [0.2, 0.25) is 0 Å². The molecule has 0 unspecified atom stereocenters. The van der Waals surface area contributed by atoms with Crippen LogP contribution in [0.1, 0.15) is 15.4 Å². The Labute approximate surface area is 116 Å². The van der Waals surface area contributed by atoms with Gasteiger partial charge in [-0.15, -0.1) is 0 Å². The molecule has 94 valence electrons. The first-order chi connectivity index (χ1) is 8.49. The number of anilines is 1. The number of nitrogens with zero attached hydrogens (tertiary/aromatic N) is 2. The summed E-state index contributed by atoms with van der Waals surface area (Å²) in [6.07, 6.45) is 1.59. The third-order valence-electron chi connectivity index (χ3n) is 2.47. The van der Waals surface area contributed by atoms with Crippen LogP contribution in [0, 0.1) is 6.92 Å². The molecule has 0 saturated carbocycles. The monoisotopic (exact) mass is 327 g/mol. The lowest BCUT2D eigenvalue weighted by Gasteiger charge is -2.03. The van der Waals surface area contributed by atoms with Gasteiger partial charge in [0.15, 0.2) is 0 Å². The van der Waals surface area contributed by atoms with Gasteiger partial charge in [-0.3, -0.25) is 9.59 Å². The fourth-order valence-corrected chi connectivity index (χ4v) is 2.46. The zero-order valence-corrected chi connectivity index (χ0v) is 12.1. The van der Waals surface area contributed by atoms with Gasteiger partial charge in [0.2, 0.25) is 0 Å². The first-order valence-electron chi connectivity index (χ1n) is 5.08. The lowest BCUT2D eigenvalue weighted by Crippen LogP contribution is -2.13. The number of aromatic nitrogens is 2. The minimum atomic E-state index is -0.315. The van der Waals surface area contributed by atoms with Crippen molar-refractivity contribution in [2.45, 2.75) is 6.92 Å². The van der Waals surface area contributed by atoms with E-state index in [1.807, 2.05) is 0 Å². The Bertz CT molecular complexity index is 645. The molecule has 1 amide bonds. The van der Waals surface area contributed by atoms with Crippen molar-refractivity contribution in [2.75, 3.05) is 5.32 Å². The van der Waals surface area contributed by atoms with Gasteiger partial charge in [-0.1, -0.05) is 11.3 Å². The van der Waals surface area contributed by atoms with Crippen molar-refractivity contribution >= 4 is 39.0 Å². The fraction of sp³-hybridized carbons (Fsp3) is 0.182. The standard InChI is InChI=1S/C11H10BrN3O2S/c1-6-9(18-11(17)15(6)2)10(16)14-8-4-3-7(12)5-13-8/h3-5H,1-2H3,(H,13,14,16). The van der Waals surface area contributed by atoms with Crippen LogP contribution in [0.15, 0.2) is 27.6 Å². The molecule has 7 heteroatoms. The molecular formula is C11H10BrN3O2S. The molecule has 2 aromatic rings. The highest BCUT2D eigenvalue weighted by atomic mass is 79.9. The third-order valence-corrected chi connectivity index (χ3v) is 4.07. The maximum atomic E-state index is 12.0. The first-order valence-corrected chi connectivity index (χ1v) is 6.69. The zero-order valence-electron chi connectivity index (χ0n) is 9.73. The number of carbonyl (C=O) groups is 1. The first kappa shape index (κ1) is 13.0. The summed E-state index contributed by atoms with van der Waals surface area (Å²) in [5, 5.41) is 2.65. The molecular weight excluding hydrogens is 318 g/mol. The summed E-state index contributed by atoms with van der Waals surface area (Å²) in [4.78, 5) is 27.7. The highest BCUT2D eigenvalue weighted by Crippen LogP contribution is 2.14. The van der Waals surface area contributed by atoms with Crippen LogP contribution in [0.25, 0.3) is 0 Å². The van der Waals surface area contributed by atoms with Crippen LogP contribution in [0.5, 0.6) is 0 Å². The van der Waals surface area contributed by atoms with E-state index >= 15 is 0 Å². The average molecular weight is 328 g/mol. The molecule has 18 heavy (non-hydrogen) atoms. The molecule has 0 bridgehead atoms. The summed E-state index contributed by atoms with van der Waals surface area (Å²) in [6.45, 7) is 1.74. The minimum absolute atomic E-state index is 0.151. The van der Waals surface area contributed by atoms with Crippen molar-refractivity contribution in [3.05, 3.63) is 43.0 Å². The Hall–Kier alpha value is -1.47. The Morgan fingerprint density at radius 1 is 1.50 bits per heavy atom. The Balaban J connectivity index is 2.24. The number of carbonyl (C=O) groups excluding carboxylic acids is 1.